The minimum absolute atomic E-state index is 0.0131. The summed E-state index contributed by atoms with van der Waals surface area (Å²) in [6, 6.07) is 11.7. The van der Waals surface area contributed by atoms with E-state index in [0.717, 1.165) is 22.3 Å². The molecule has 1 aromatic carbocycles. The van der Waals surface area contributed by atoms with Gasteiger partial charge in [0.05, 0.1) is 13.2 Å². The van der Waals surface area contributed by atoms with Gasteiger partial charge in [-0.15, -0.1) is 11.3 Å². The van der Waals surface area contributed by atoms with Crippen molar-refractivity contribution in [3.05, 3.63) is 64.0 Å². The SMILES string of the molecule is COc1ccccc1C(CC(C(C)C)N(C)/C(=C/C(=O)O)C(=O)O)c1cccs1. The first-order valence-electron chi connectivity index (χ1n) is 9.33. The molecule has 1 heterocycles. The van der Waals surface area contributed by atoms with Crippen LogP contribution in [0.15, 0.2) is 53.6 Å². The van der Waals surface area contributed by atoms with Gasteiger partial charge in [0, 0.05) is 29.4 Å². The molecule has 0 fully saturated rings. The first-order valence-corrected chi connectivity index (χ1v) is 10.2. The zero-order chi connectivity index (χ0) is 21.6. The maximum absolute atomic E-state index is 11.7. The van der Waals surface area contributed by atoms with Crippen LogP contribution < -0.4 is 4.74 Å². The van der Waals surface area contributed by atoms with Crippen LogP contribution in [0.4, 0.5) is 0 Å². The number of rotatable bonds is 10. The van der Waals surface area contributed by atoms with Gasteiger partial charge < -0.3 is 19.8 Å². The van der Waals surface area contributed by atoms with Crippen molar-refractivity contribution in [3.8, 4) is 5.75 Å². The van der Waals surface area contributed by atoms with Crippen LogP contribution in [-0.4, -0.2) is 47.3 Å². The Bertz CT molecular complexity index is 860. The van der Waals surface area contributed by atoms with Crippen LogP contribution in [0.5, 0.6) is 5.75 Å². The van der Waals surface area contributed by atoms with Gasteiger partial charge in [-0.3, -0.25) is 0 Å². The number of carboxylic acids is 2. The number of benzene rings is 1. The third-order valence-corrected chi connectivity index (χ3v) is 5.99. The summed E-state index contributed by atoms with van der Waals surface area (Å²) in [5.41, 5.74) is 0.789. The van der Waals surface area contributed by atoms with Crippen molar-refractivity contribution < 1.29 is 24.5 Å². The molecular weight excluding hydrogens is 390 g/mol. The first kappa shape index (κ1) is 22.5. The Hall–Kier alpha value is -2.80. The molecule has 0 bridgehead atoms. The monoisotopic (exact) mass is 417 g/mol. The highest BCUT2D eigenvalue weighted by molar-refractivity contribution is 7.10. The van der Waals surface area contributed by atoms with E-state index in [9.17, 15) is 14.7 Å². The van der Waals surface area contributed by atoms with Crippen LogP contribution in [0.1, 0.15) is 36.6 Å². The van der Waals surface area contributed by atoms with Gasteiger partial charge in [-0.2, -0.15) is 0 Å². The number of carbonyl (C=O) groups is 2. The van der Waals surface area contributed by atoms with E-state index in [0.29, 0.717) is 6.42 Å². The second-order valence-electron chi connectivity index (χ2n) is 7.14. The van der Waals surface area contributed by atoms with Crippen molar-refractivity contribution in [2.45, 2.75) is 32.2 Å². The van der Waals surface area contributed by atoms with E-state index in [1.165, 1.54) is 0 Å². The zero-order valence-corrected chi connectivity index (χ0v) is 17.8. The molecule has 1 aromatic heterocycles. The highest BCUT2D eigenvalue weighted by atomic mass is 32.1. The summed E-state index contributed by atoms with van der Waals surface area (Å²) < 4.78 is 5.57. The number of methoxy groups -OCH3 is 1. The number of aliphatic carboxylic acids is 2. The molecule has 0 saturated heterocycles. The molecular formula is C22H27NO5S. The van der Waals surface area contributed by atoms with E-state index in [1.54, 1.807) is 30.4 Å². The van der Waals surface area contributed by atoms with E-state index in [-0.39, 0.29) is 23.6 Å². The van der Waals surface area contributed by atoms with Crippen molar-refractivity contribution in [1.82, 2.24) is 4.90 Å². The lowest BCUT2D eigenvalue weighted by molar-refractivity contribution is -0.136. The molecule has 2 aromatic rings. The summed E-state index contributed by atoms with van der Waals surface area (Å²) in [6.07, 6.45) is 1.36. The molecule has 0 amide bonds. The Morgan fingerprint density at radius 3 is 2.38 bits per heavy atom. The molecule has 6 nitrogen and oxygen atoms in total. The Kier molecular flexibility index (Phi) is 7.84. The first-order chi connectivity index (χ1) is 13.8. The van der Waals surface area contributed by atoms with E-state index in [2.05, 4.69) is 6.07 Å². The smallest absolute Gasteiger partial charge is 0.352 e. The van der Waals surface area contributed by atoms with Crippen LogP contribution in [0, 0.1) is 5.92 Å². The van der Waals surface area contributed by atoms with Gasteiger partial charge in [0.1, 0.15) is 11.4 Å². The number of likely N-dealkylation sites (N-methyl/N-ethyl adjacent to an activating group) is 1. The lowest BCUT2D eigenvalue weighted by atomic mass is 9.85. The van der Waals surface area contributed by atoms with Gasteiger partial charge in [-0.05, 0) is 29.9 Å². The minimum Gasteiger partial charge on any atom is -0.496 e. The second kappa shape index (κ2) is 10.1. The van der Waals surface area contributed by atoms with Crippen molar-refractivity contribution in [1.29, 1.82) is 0 Å². The highest BCUT2D eigenvalue weighted by Crippen LogP contribution is 2.39. The van der Waals surface area contributed by atoms with Gasteiger partial charge in [0.15, 0.2) is 0 Å². The molecule has 0 aliphatic rings. The molecule has 156 valence electrons. The summed E-state index contributed by atoms with van der Waals surface area (Å²) in [6.45, 7) is 4.02. The molecule has 0 saturated carbocycles. The molecule has 2 unspecified atom stereocenters. The van der Waals surface area contributed by atoms with Crippen molar-refractivity contribution in [2.75, 3.05) is 14.2 Å². The topological polar surface area (TPSA) is 87.1 Å². The molecule has 2 rings (SSSR count). The number of nitrogens with zero attached hydrogens (tertiary/aromatic N) is 1. The molecule has 0 aliphatic heterocycles. The Morgan fingerprint density at radius 1 is 1.17 bits per heavy atom. The van der Waals surface area contributed by atoms with Gasteiger partial charge in [-0.1, -0.05) is 38.1 Å². The Morgan fingerprint density at radius 2 is 1.86 bits per heavy atom. The fourth-order valence-electron chi connectivity index (χ4n) is 3.57. The third-order valence-electron chi connectivity index (χ3n) is 5.00. The van der Waals surface area contributed by atoms with Crippen LogP contribution >= 0.6 is 11.3 Å². The average molecular weight is 418 g/mol. The minimum atomic E-state index is -1.28. The third kappa shape index (κ3) is 5.60. The molecule has 0 radical (unpaired) electrons. The molecule has 2 atom stereocenters. The quantitative estimate of drug-likeness (QED) is 0.561. The van der Waals surface area contributed by atoms with E-state index in [4.69, 9.17) is 9.84 Å². The van der Waals surface area contributed by atoms with Crippen molar-refractivity contribution >= 4 is 23.3 Å². The fourth-order valence-corrected chi connectivity index (χ4v) is 4.43. The molecule has 0 aliphatic carbocycles. The van der Waals surface area contributed by atoms with E-state index >= 15 is 0 Å². The normalized spacial score (nSPS) is 13.8. The van der Waals surface area contributed by atoms with E-state index < -0.39 is 11.9 Å². The average Bonchev–Trinajstić information content (AvgIpc) is 3.20. The van der Waals surface area contributed by atoms with Gasteiger partial charge in [0.25, 0.3) is 0 Å². The van der Waals surface area contributed by atoms with Gasteiger partial charge >= 0.3 is 11.9 Å². The number of carboxylic acid groups (broad SMARTS) is 2. The zero-order valence-electron chi connectivity index (χ0n) is 17.0. The Labute approximate surface area is 175 Å². The summed E-state index contributed by atoms with van der Waals surface area (Å²) in [7, 11) is 3.27. The number of para-hydroxylation sites is 1. The summed E-state index contributed by atoms with van der Waals surface area (Å²) in [5, 5.41) is 20.7. The lowest BCUT2D eigenvalue weighted by Gasteiger charge is -2.35. The maximum atomic E-state index is 11.7. The van der Waals surface area contributed by atoms with Crippen LogP contribution in [0.25, 0.3) is 0 Å². The van der Waals surface area contributed by atoms with Crippen LogP contribution in [0.2, 0.25) is 0 Å². The Balaban J connectivity index is 2.48. The summed E-state index contributed by atoms with van der Waals surface area (Å²) in [5.74, 6) is -1.69. The molecule has 7 heteroatoms. The van der Waals surface area contributed by atoms with E-state index in [1.807, 2.05) is 49.6 Å². The largest absolute Gasteiger partial charge is 0.496 e. The molecule has 2 N–H and O–H groups in total. The van der Waals surface area contributed by atoms with Crippen molar-refractivity contribution in [3.63, 3.8) is 0 Å². The predicted molar refractivity (Wildman–Crippen MR) is 114 cm³/mol. The lowest BCUT2D eigenvalue weighted by Crippen LogP contribution is -2.39. The number of hydrogen-bond donors (Lipinski definition) is 2. The summed E-state index contributed by atoms with van der Waals surface area (Å²) >= 11 is 1.64. The highest BCUT2D eigenvalue weighted by Gasteiger charge is 2.30. The predicted octanol–water partition coefficient (Wildman–Crippen LogP) is 4.29. The molecule has 0 spiro atoms. The van der Waals surface area contributed by atoms with Crippen molar-refractivity contribution in [2.24, 2.45) is 5.92 Å². The van der Waals surface area contributed by atoms with Crippen LogP contribution in [0.3, 0.4) is 0 Å². The number of thiophene rings is 1. The number of hydrogen-bond acceptors (Lipinski definition) is 5. The summed E-state index contributed by atoms with van der Waals surface area (Å²) in [4.78, 5) is 25.6. The second-order valence-corrected chi connectivity index (χ2v) is 8.12. The van der Waals surface area contributed by atoms with Crippen LogP contribution in [-0.2, 0) is 9.59 Å². The molecule has 29 heavy (non-hydrogen) atoms. The standard InChI is InChI=1S/C22H27NO5S/c1-14(2)17(23(3)18(22(26)27)13-21(24)25)12-16(20-10-7-11-29-20)15-8-5-6-9-19(15)28-4/h5-11,13-14,16-17H,12H2,1-4H3,(H,24,25)(H,26,27)/b18-13+. The van der Waals surface area contributed by atoms with Gasteiger partial charge in [-0.25, -0.2) is 9.59 Å². The fraction of sp³-hybridized carbons (Fsp3) is 0.364. The maximum Gasteiger partial charge on any atom is 0.352 e. The van der Waals surface area contributed by atoms with Gasteiger partial charge in [0.2, 0.25) is 0 Å². The number of ether oxygens (including phenoxy) is 1.